The summed E-state index contributed by atoms with van der Waals surface area (Å²) in [5.41, 5.74) is 0. The Bertz CT molecular complexity index is 185. The molecule has 0 aliphatic heterocycles. The van der Waals surface area contributed by atoms with E-state index < -0.39 is 0 Å². The molecule has 0 saturated carbocycles. The van der Waals surface area contributed by atoms with Crippen LogP contribution in [0.3, 0.4) is 0 Å². The molecule has 1 unspecified atom stereocenters. The minimum absolute atomic E-state index is 0. The van der Waals surface area contributed by atoms with Gasteiger partial charge in [-0.1, -0.05) is 110 Å². The highest BCUT2D eigenvalue weighted by Gasteiger charge is 2.03. The van der Waals surface area contributed by atoms with Crippen LogP contribution in [0.1, 0.15) is 123 Å². The summed E-state index contributed by atoms with van der Waals surface area (Å²) in [6.45, 7) is 4.53. The molecule has 0 aliphatic rings. The van der Waals surface area contributed by atoms with Crippen molar-refractivity contribution in [1.82, 2.24) is 0 Å². The molecule has 0 spiro atoms. The normalized spacial score (nSPS) is 12.1. The van der Waals surface area contributed by atoms with Gasteiger partial charge in [0, 0.05) is 0 Å². The van der Waals surface area contributed by atoms with Crippen LogP contribution in [0.4, 0.5) is 0 Å². The first kappa shape index (κ1) is 24.4. The summed E-state index contributed by atoms with van der Waals surface area (Å²) in [6, 6.07) is 0. The molecule has 0 saturated heterocycles. The van der Waals surface area contributed by atoms with Gasteiger partial charge in [0.15, 0.2) is 0 Å². The van der Waals surface area contributed by atoms with Gasteiger partial charge in [-0.3, -0.25) is 0 Å². The summed E-state index contributed by atoms with van der Waals surface area (Å²) < 4.78 is 0. The highest BCUT2D eigenvalue weighted by molar-refractivity contribution is 5.75. The smallest absolute Gasteiger partial charge is 0.0540 e. The predicted octanol–water partition coefficient (Wildman–Crippen LogP) is 5.57. The molecule has 22 heavy (non-hydrogen) atoms. The number of hydrogen-bond acceptors (Lipinski definition) is 1. The van der Waals surface area contributed by atoms with E-state index in [-0.39, 0.29) is 17.1 Å². The Morgan fingerprint density at radius 2 is 0.773 bits per heavy atom. The van der Waals surface area contributed by atoms with E-state index in [4.69, 9.17) is 0 Å². The Labute approximate surface area is 145 Å². The van der Waals surface area contributed by atoms with Crippen molar-refractivity contribution in [2.75, 3.05) is 0 Å². The van der Waals surface area contributed by atoms with Gasteiger partial charge in [0.25, 0.3) is 0 Å². The van der Waals surface area contributed by atoms with E-state index in [2.05, 4.69) is 13.8 Å². The van der Waals surface area contributed by atoms with Gasteiger partial charge in [-0.25, -0.2) is 0 Å². The fraction of sp³-hybridized carbons (Fsp3) is 1.00. The first-order valence-electron chi connectivity index (χ1n) is 9.99. The molecule has 1 atom stereocenters. The highest BCUT2D eigenvalue weighted by Crippen LogP contribution is 2.14. The molecule has 0 aromatic rings. The summed E-state index contributed by atoms with van der Waals surface area (Å²) in [6.07, 6.45) is 22.3. The molecule has 0 fully saturated rings. The van der Waals surface area contributed by atoms with Crippen molar-refractivity contribution in [3.63, 3.8) is 0 Å². The van der Waals surface area contributed by atoms with Crippen LogP contribution in [0, 0.1) is 0 Å². The van der Waals surface area contributed by atoms with Gasteiger partial charge < -0.3 is 5.11 Å². The Morgan fingerprint density at radius 1 is 0.500 bits per heavy atom. The van der Waals surface area contributed by atoms with Crippen LogP contribution in [-0.4, -0.2) is 22.2 Å². The van der Waals surface area contributed by atoms with E-state index in [1.165, 1.54) is 96.3 Å². The molecule has 1 nitrogen and oxygen atoms in total. The third-order valence-electron chi connectivity index (χ3n) is 4.53. The minimum atomic E-state index is -0.0271. The monoisotopic (exact) mass is 330 g/mol. The molecule has 0 bridgehead atoms. The van der Waals surface area contributed by atoms with Crippen molar-refractivity contribution in [2.45, 2.75) is 129 Å². The first-order valence-corrected chi connectivity index (χ1v) is 9.99. The lowest BCUT2D eigenvalue weighted by atomic mass is 10.0. The van der Waals surface area contributed by atoms with Gasteiger partial charge in [0.05, 0.1) is 6.10 Å². The summed E-state index contributed by atoms with van der Waals surface area (Å²) in [5.74, 6) is 0. The zero-order valence-electron chi connectivity index (χ0n) is 15.0. The third-order valence-corrected chi connectivity index (χ3v) is 4.53. The van der Waals surface area contributed by atoms with Crippen LogP contribution < -0.4 is 0 Å². The van der Waals surface area contributed by atoms with E-state index in [9.17, 15) is 5.11 Å². The van der Waals surface area contributed by atoms with E-state index in [1.54, 1.807) is 0 Å². The Kier molecular flexibility index (Phi) is 23.5. The van der Waals surface area contributed by atoms with Crippen molar-refractivity contribution in [1.29, 1.82) is 0 Å². The van der Waals surface area contributed by atoms with Crippen molar-refractivity contribution < 1.29 is 5.11 Å². The second kappa shape index (κ2) is 21.2. The SMILES string of the molecule is CCCCCCCCCCCC(O)CCCCCCCC.[SiH4]. The second-order valence-electron chi connectivity index (χ2n) is 6.83. The van der Waals surface area contributed by atoms with Gasteiger partial charge in [0.1, 0.15) is 0 Å². The summed E-state index contributed by atoms with van der Waals surface area (Å²) >= 11 is 0. The zero-order chi connectivity index (χ0) is 15.6. The molecule has 0 heterocycles. The van der Waals surface area contributed by atoms with Crippen LogP contribution >= 0.6 is 0 Å². The average Bonchev–Trinajstić information content (AvgIpc) is 2.49. The number of aliphatic hydroxyl groups excluding tert-OH is 1. The van der Waals surface area contributed by atoms with Crippen LogP contribution in [0.2, 0.25) is 0 Å². The Morgan fingerprint density at radius 3 is 1.09 bits per heavy atom. The fourth-order valence-corrected chi connectivity index (χ4v) is 3.00. The van der Waals surface area contributed by atoms with Gasteiger partial charge in [-0.15, -0.1) is 0 Å². The van der Waals surface area contributed by atoms with Gasteiger partial charge in [-0.2, -0.15) is 0 Å². The molecule has 136 valence electrons. The molecular formula is C20H46OSi. The minimum Gasteiger partial charge on any atom is -0.393 e. The summed E-state index contributed by atoms with van der Waals surface area (Å²) in [4.78, 5) is 0. The van der Waals surface area contributed by atoms with E-state index in [0.29, 0.717) is 0 Å². The quantitative estimate of drug-likeness (QED) is 0.273. The molecule has 0 rings (SSSR count). The predicted molar refractivity (Wildman–Crippen MR) is 107 cm³/mol. The maximum absolute atomic E-state index is 9.95. The molecule has 1 N–H and O–H groups in total. The van der Waals surface area contributed by atoms with Crippen LogP contribution in [-0.2, 0) is 0 Å². The molecular weight excluding hydrogens is 284 g/mol. The highest BCUT2D eigenvalue weighted by atomic mass is 28.1. The number of rotatable bonds is 17. The van der Waals surface area contributed by atoms with E-state index in [0.717, 1.165) is 12.8 Å². The lowest BCUT2D eigenvalue weighted by Gasteiger charge is -2.10. The Balaban J connectivity index is 0. The Hall–Kier alpha value is 0.177. The maximum atomic E-state index is 9.95. The lowest BCUT2D eigenvalue weighted by molar-refractivity contribution is 0.147. The maximum Gasteiger partial charge on any atom is 0.0540 e. The van der Waals surface area contributed by atoms with Crippen molar-refractivity contribution in [2.24, 2.45) is 0 Å². The number of unbranched alkanes of at least 4 members (excludes halogenated alkanes) is 13. The molecule has 0 radical (unpaired) electrons. The third kappa shape index (κ3) is 20.2. The van der Waals surface area contributed by atoms with E-state index in [1.807, 2.05) is 0 Å². The topological polar surface area (TPSA) is 20.2 Å². The van der Waals surface area contributed by atoms with Crippen LogP contribution in [0.25, 0.3) is 0 Å². The first-order chi connectivity index (χ1) is 10.3. The van der Waals surface area contributed by atoms with Crippen molar-refractivity contribution >= 4 is 11.0 Å². The largest absolute Gasteiger partial charge is 0.393 e. The molecule has 0 aromatic heterocycles. The lowest BCUT2D eigenvalue weighted by Crippen LogP contribution is -2.05. The van der Waals surface area contributed by atoms with Gasteiger partial charge in [0.2, 0.25) is 0 Å². The average molecular weight is 331 g/mol. The summed E-state index contributed by atoms with van der Waals surface area (Å²) in [5, 5.41) is 9.95. The van der Waals surface area contributed by atoms with Crippen molar-refractivity contribution in [3.8, 4) is 0 Å². The molecule has 2 heteroatoms. The molecule has 0 aromatic carbocycles. The van der Waals surface area contributed by atoms with Gasteiger partial charge >= 0.3 is 0 Å². The number of hydrogen-bond donors (Lipinski definition) is 1. The zero-order valence-corrected chi connectivity index (χ0v) is 15.0. The number of aliphatic hydroxyl groups is 1. The fourth-order valence-electron chi connectivity index (χ4n) is 3.00. The van der Waals surface area contributed by atoms with Gasteiger partial charge in [-0.05, 0) is 23.8 Å². The second-order valence-corrected chi connectivity index (χ2v) is 6.83. The van der Waals surface area contributed by atoms with E-state index >= 15 is 0 Å². The van der Waals surface area contributed by atoms with Crippen LogP contribution in [0.15, 0.2) is 0 Å². The molecule has 0 aliphatic carbocycles. The van der Waals surface area contributed by atoms with Crippen LogP contribution in [0.5, 0.6) is 0 Å². The standard InChI is InChI=1S/C20H42O.H4Si/c1-3-5-7-9-11-12-13-15-17-19-20(21)18-16-14-10-8-6-4-2;/h20-21H,3-19H2,1-2H3;1H4. The molecule has 0 amide bonds. The summed E-state index contributed by atoms with van der Waals surface area (Å²) in [7, 11) is 0. The van der Waals surface area contributed by atoms with Crippen molar-refractivity contribution in [3.05, 3.63) is 0 Å².